The van der Waals surface area contributed by atoms with Crippen LogP contribution in [-0.2, 0) is 9.59 Å². The lowest BCUT2D eigenvalue weighted by molar-refractivity contribution is -0.144. The Morgan fingerprint density at radius 2 is 1.89 bits per heavy atom. The number of aliphatic carboxylic acids is 2. The molecule has 1 atom stereocenters. The Morgan fingerprint density at radius 3 is 2.53 bits per heavy atom. The number of H-pyrrole nitrogens is 2. The number of benzene rings is 1. The van der Waals surface area contributed by atoms with Gasteiger partial charge in [0.25, 0.3) is 0 Å². The lowest BCUT2D eigenvalue weighted by Crippen LogP contribution is -2.31. The number of aromatic nitrogens is 2. The average Bonchev–Trinajstić information content (AvgIpc) is 2.66. The summed E-state index contributed by atoms with van der Waals surface area (Å²) >= 11 is 0. The van der Waals surface area contributed by atoms with Crippen LogP contribution in [0.3, 0.4) is 0 Å². The molecule has 0 spiro atoms. The van der Waals surface area contributed by atoms with E-state index in [0.29, 0.717) is 16.7 Å². The van der Waals surface area contributed by atoms with Gasteiger partial charge in [0.1, 0.15) is 6.04 Å². The van der Waals surface area contributed by atoms with E-state index in [0.717, 1.165) is 0 Å². The molecule has 0 bridgehead atoms. The zero-order valence-electron chi connectivity index (χ0n) is 9.64. The lowest BCUT2D eigenvalue weighted by atomic mass is 10.2. The number of carboxylic acid groups (broad SMARTS) is 2. The molecule has 2 rings (SSSR count). The minimum absolute atomic E-state index is 0.368. The number of fused-ring (bicyclic) bond motifs is 1. The number of nitrogens with one attached hydrogen (secondary N) is 3. The van der Waals surface area contributed by atoms with Crippen LogP contribution in [0.4, 0.5) is 5.69 Å². The van der Waals surface area contributed by atoms with E-state index in [1.807, 2.05) is 0 Å². The van der Waals surface area contributed by atoms with Crippen molar-refractivity contribution >= 4 is 28.7 Å². The first-order valence-corrected chi connectivity index (χ1v) is 5.39. The fraction of sp³-hybridized carbons (Fsp3) is 0.182. The summed E-state index contributed by atoms with van der Waals surface area (Å²) in [5, 5.41) is 20.1. The third kappa shape index (κ3) is 2.92. The summed E-state index contributed by atoms with van der Waals surface area (Å²) in [6.45, 7) is 0. The molecule has 100 valence electrons. The summed E-state index contributed by atoms with van der Waals surface area (Å²) in [7, 11) is 0. The highest BCUT2D eigenvalue weighted by Crippen LogP contribution is 2.16. The minimum atomic E-state index is -1.26. The van der Waals surface area contributed by atoms with Crippen molar-refractivity contribution in [1.29, 1.82) is 0 Å². The smallest absolute Gasteiger partial charge is 0.326 e. The van der Waals surface area contributed by atoms with Crippen LogP contribution < -0.4 is 11.0 Å². The van der Waals surface area contributed by atoms with E-state index < -0.39 is 24.4 Å². The maximum atomic E-state index is 11.1. The standard InChI is InChI=1S/C11H11N3O5/c15-9(16)4-8(10(17)18)12-5-1-2-6-7(3-5)14-11(19)13-6/h1-3,8,12H,4H2,(H,15,16)(H,17,18)(H2,13,14,19). The quantitative estimate of drug-likeness (QED) is 0.524. The van der Waals surface area contributed by atoms with Crippen molar-refractivity contribution in [3.63, 3.8) is 0 Å². The van der Waals surface area contributed by atoms with E-state index in [-0.39, 0.29) is 5.69 Å². The second kappa shape index (κ2) is 4.84. The molecular formula is C11H11N3O5. The topological polar surface area (TPSA) is 135 Å². The third-order valence-corrected chi connectivity index (χ3v) is 2.53. The molecule has 5 N–H and O–H groups in total. The van der Waals surface area contributed by atoms with Gasteiger partial charge in [0.15, 0.2) is 0 Å². The zero-order chi connectivity index (χ0) is 14.0. The first kappa shape index (κ1) is 12.7. The minimum Gasteiger partial charge on any atom is -0.481 e. The van der Waals surface area contributed by atoms with Gasteiger partial charge in [-0.15, -0.1) is 0 Å². The molecular weight excluding hydrogens is 254 g/mol. The summed E-state index contributed by atoms with van der Waals surface area (Å²) in [6, 6.07) is 3.45. The Hall–Kier alpha value is -2.77. The van der Waals surface area contributed by atoms with E-state index in [1.165, 1.54) is 6.07 Å². The molecule has 0 amide bonds. The summed E-state index contributed by atoms with van der Waals surface area (Å²) in [4.78, 5) is 37.6. The van der Waals surface area contributed by atoms with Gasteiger partial charge >= 0.3 is 17.6 Å². The van der Waals surface area contributed by atoms with E-state index in [9.17, 15) is 14.4 Å². The highest BCUT2D eigenvalue weighted by Gasteiger charge is 2.20. The normalized spacial score (nSPS) is 12.2. The number of anilines is 1. The van der Waals surface area contributed by atoms with Crippen LogP contribution in [0.2, 0.25) is 0 Å². The van der Waals surface area contributed by atoms with Crippen LogP contribution >= 0.6 is 0 Å². The maximum Gasteiger partial charge on any atom is 0.326 e. The molecule has 1 aromatic carbocycles. The summed E-state index contributed by atoms with van der Waals surface area (Å²) in [6.07, 6.45) is -0.545. The molecule has 1 aromatic heterocycles. The molecule has 19 heavy (non-hydrogen) atoms. The molecule has 0 saturated heterocycles. The number of imidazole rings is 1. The Bertz CT molecular complexity index is 687. The predicted octanol–water partition coefficient (Wildman–Crippen LogP) is 0.196. The Kier molecular flexibility index (Phi) is 3.23. The van der Waals surface area contributed by atoms with Crippen molar-refractivity contribution in [2.45, 2.75) is 12.5 Å². The van der Waals surface area contributed by atoms with Crippen LogP contribution in [0.5, 0.6) is 0 Å². The Morgan fingerprint density at radius 1 is 1.21 bits per heavy atom. The van der Waals surface area contributed by atoms with Crippen molar-refractivity contribution in [3.8, 4) is 0 Å². The summed E-state index contributed by atoms with van der Waals surface area (Å²) < 4.78 is 0. The monoisotopic (exact) mass is 265 g/mol. The number of hydrogen-bond donors (Lipinski definition) is 5. The van der Waals surface area contributed by atoms with Crippen LogP contribution in [0.25, 0.3) is 11.0 Å². The van der Waals surface area contributed by atoms with Crippen molar-refractivity contribution in [2.75, 3.05) is 5.32 Å². The molecule has 0 aliphatic heterocycles. The number of carboxylic acids is 2. The molecule has 8 heteroatoms. The van der Waals surface area contributed by atoms with Gasteiger partial charge in [-0.3, -0.25) is 4.79 Å². The van der Waals surface area contributed by atoms with Crippen LogP contribution in [0.1, 0.15) is 6.42 Å². The van der Waals surface area contributed by atoms with E-state index >= 15 is 0 Å². The molecule has 0 saturated carbocycles. The first-order valence-electron chi connectivity index (χ1n) is 5.39. The number of rotatable bonds is 5. The van der Waals surface area contributed by atoms with E-state index in [2.05, 4.69) is 15.3 Å². The van der Waals surface area contributed by atoms with Gasteiger partial charge in [0.05, 0.1) is 17.5 Å². The van der Waals surface area contributed by atoms with Crippen molar-refractivity contribution in [2.24, 2.45) is 0 Å². The van der Waals surface area contributed by atoms with Gasteiger partial charge in [0.2, 0.25) is 0 Å². The third-order valence-electron chi connectivity index (χ3n) is 2.53. The molecule has 8 nitrogen and oxygen atoms in total. The van der Waals surface area contributed by atoms with Gasteiger partial charge < -0.3 is 25.5 Å². The molecule has 1 heterocycles. The summed E-state index contributed by atoms with van der Waals surface area (Å²) in [5.41, 5.74) is 1.14. The molecule has 0 radical (unpaired) electrons. The number of carbonyl (C=O) groups is 2. The Balaban J connectivity index is 2.25. The molecule has 1 unspecified atom stereocenters. The fourth-order valence-corrected chi connectivity index (χ4v) is 1.70. The maximum absolute atomic E-state index is 11.1. The number of aromatic amines is 2. The van der Waals surface area contributed by atoms with Crippen LogP contribution in [0, 0.1) is 0 Å². The molecule has 0 aliphatic rings. The van der Waals surface area contributed by atoms with Crippen LogP contribution in [-0.4, -0.2) is 38.2 Å². The van der Waals surface area contributed by atoms with E-state index in [4.69, 9.17) is 10.2 Å². The first-order chi connectivity index (χ1) is 8.95. The second-order valence-corrected chi connectivity index (χ2v) is 3.97. The second-order valence-electron chi connectivity index (χ2n) is 3.97. The SMILES string of the molecule is O=C(O)CC(Nc1ccc2[nH]c(=O)[nH]c2c1)C(=O)O. The summed E-state index contributed by atoms with van der Waals surface area (Å²) in [5.74, 6) is -2.47. The van der Waals surface area contributed by atoms with Gasteiger partial charge in [-0.2, -0.15) is 0 Å². The average molecular weight is 265 g/mol. The van der Waals surface area contributed by atoms with Crippen LogP contribution in [0.15, 0.2) is 23.0 Å². The highest BCUT2D eigenvalue weighted by atomic mass is 16.4. The molecule has 0 fully saturated rings. The van der Waals surface area contributed by atoms with Gasteiger partial charge in [-0.25, -0.2) is 9.59 Å². The van der Waals surface area contributed by atoms with Crippen molar-refractivity contribution in [1.82, 2.24) is 9.97 Å². The fourth-order valence-electron chi connectivity index (χ4n) is 1.70. The van der Waals surface area contributed by atoms with Gasteiger partial charge in [-0.1, -0.05) is 0 Å². The van der Waals surface area contributed by atoms with E-state index in [1.54, 1.807) is 12.1 Å². The lowest BCUT2D eigenvalue weighted by Gasteiger charge is -2.13. The molecule has 2 aromatic rings. The highest BCUT2D eigenvalue weighted by molar-refractivity contribution is 5.85. The number of hydrogen-bond acceptors (Lipinski definition) is 4. The van der Waals surface area contributed by atoms with Crippen molar-refractivity contribution in [3.05, 3.63) is 28.7 Å². The predicted molar refractivity (Wildman–Crippen MR) is 66.2 cm³/mol. The van der Waals surface area contributed by atoms with Gasteiger partial charge in [-0.05, 0) is 18.2 Å². The molecule has 0 aliphatic carbocycles. The van der Waals surface area contributed by atoms with Crippen molar-refractivity contribution < 1.29 is 19.8 Å². The van der Waals surface area contributed by atoms with Gasteiger partial charge in [0, 0.05) is 5.69 Å². The largest absolute Gasteiger partial charge is 0.481 e. The zero-order valence-corrected chi connectivity index (χ0v) is 9.64. The Labute approximate surface area is 106 Å².